The molecule has 0 aliphatic carbocycles. The van der Waals surface area contributed by atoms with E-state index in [9.17, 15) is 22.6 Å². The average Bonchev–Trinajstić information content (AvgIpc) is 2.98. The van der Waals surface area contributed by atoms with E-state index in [1.807, 2.05) is 55.7 Å². The first-order valence-electron chi connectivity index (χ1n) is 15.3. The number of Topliss-reactive ketones (excluding diaryl/α,β-unsaturated/α-hetero) is 1. The maximum Gasteiger partial charge on any atom is 0.368 e. The quantitative estimate of drug-likeness (QED) is 0.0697. The van der Waals surface area contributed by atoms with Gasteiger partial charge in [0.2, 0.25) is 0 Å². The second-order valence-corrected chi connectivity index (χ2v) is 13.6. The SMILES string of the molecule is CCN(CC)c1ccc2c(c1)OC(=O)C(/C=C/C=C/c1cc(=[N+](CC)CCCS(=O)(=O)[O-])oc3cc(C(C)(C)C)ccc13)C2=O. The Kier molecular flexibility index (Phi) is 10.5. The molecular formula is C35H42N2O7S. The molecule has 9 nitrogen and oxygen atoms in total. The zero-order valence-corrected chi connectivity index (χ0v) is 27.6. The van der Waals surface area contributed by atoms with Gasteiger partial charge in [0, 0.05) is 42.4 Å². The summed E-state index contributed by atoms with van der Waals surface area (Å²) >= 11 is 0. The van der Waals surface area contributed by atoms with Gasteiger partial charge in [-0.15, -0.1) is 0 Å². The number of fused-ring (bicyclic) bond motifs is 2. The highest BCUT2D eigenvalue weighted by atomic mass is 32.2. The van der Waals surface area contributed by atoms with E-state index < -0.39 is 27.8 Å². The van der Waals surface area contributed by atoms with Gasteiger partial charge in [-0.1, -0.05) is 57.2 Å². The van der Waals surface area contributed by atoms with E-state index in [0.29, 0.717) is 29.8 Å². The first-order chi connectivity index (χ1) is 21.2. The minimum atomic E-state index is -4.32. The third-order valence-electron chi connectivity index (χ3n) is 7.96. The fourth-order valence-electron chi connectivity index (χ4n) is 5.35. The molecule has 2 heterocycles. The van der Waals surface area contributed by atoms with Gasteiger partial charge >= 0.3 is 11.5 Å². The molecule has 1 aliphatic heterocycles. The summed E-state index contributed by atoms with van der Waals surface area (Å²) in [6.07, 6.45) is 7.01. The van der Waals surface area contributed by atoms with Gasteiger partial charge in [0.1, 0.15) is 30.3 Å². The summed E-state index contributed by atoms with van der Waals surface area (Å²) in [5.74, 6) is -2.15. The van der Waals surface area contributed by atoms with Gasteiger partial charge in [-0.25, -0.2) is 8.42 Å². The molecule has 4 rings (SSSR count). The Morgan fingerprint density at radius 3 is 2.38 bits per heavy atom. The normalized spacial score (nSPS) is 16.4. The van der Waals surface area contributed by atoms with E-state index in [2.05, 4.69) is 31.7 Å². The minimum absolute atomic E-state index is 0.113. The summed E-state index contributed by atoms with van der Waals surface area (Å²) in [5, 5.41) is 0.862. The van der Waals surface area contributed by atoms with Crippen molar-refractivity contribution >= 4 is 44.6 Å². The summed E-state index contributed by atoms with van der Waals surface area (Å²) < 4.78 is 47.2. The number of hydrogen-bond donors (Lipinski definition) is 0. The van der Waals surface area contributed by atoms with Crippen LogP contribution in [0.4, 0.5) is 5.69 Å². The third-order valence-corrected chi connectivity index (χ3v) is 8.75. The van der Waals surface area contributed by atoms with E-state index in [1.54, 1.807) is 24.3 Å². The molecule has 0 fully saturated rings. The topological polar surface area (TPSA) is 120 Å². The van der Waals surface area contributed by atoms with Crippen LogP contribution in [0, 0.1) is 5.92 Å². The highest BCUT2D eigenvalue weighted by molar-refractivity contribution is 7.85. The van der Waals surface area contributed by atoms with Crippen molar-refractivity contribution in [2.24, 2.45) is 5.92 Å². The van der Waals surface area contributed by atoms with Gasteiger partial charge in [0.05, 0.1) is 21.7 Å². The second-order valence-electron chi connectivity index (χ2n) is 12.1. The van der Waals surface area contributed by atoms with Crippen molar-refractivity contribution in [1.82, 2.24) is 4.58 Å². The van der Waals surface area contributed by atoms with E-state index in [-0.39, 0.29) is 23.4 Å². The molecule has 0 N–H and O–H groups in total. The predicted octanol–water partition coefficient (Wildman–Crippen LogP) is 5.29. The number of nitrogens with zero attached hydrogens (tertiary/aromatic N) is 2. The number of carbonyl (C=O) groups excluding carboxylic acids is 2. The summed E-state index contributed by atoms with van der Waals surface area (Å²) in [5.41, 5.74) is 4.27. The number of hydrogen-bond acceptors (Lipinski definition) is 8. The maximum absolute atomic E-state index is 13.2. The maximum atomic E-state index is 13.2. The Hall–Kier alpha value is -4.02. The van der Waals surface area contributed by atoms with Gasteiger partial charge in [-0.05, 0) is 55.5 Å². The standard InChI is InChI=1S/C35H42N2O7S/c1-7-36(8-2)26-16-18-28-31(23-26)44-34(39)29(33(28)38)14-11-10-13-24-21-32(37(9-3)19-12-20-45(40,41)42)43-30-22-25(35(4,5)6)15-17-27(24)30/h10-11,13-18,21-23,29H,7-9,12,19-20H2,1-6H3/b13-10+,14-11+,37-32?. The van der Waals surface area contributed by atoms with Crippen molar-refractivity contribution < 1.29 is 31.7 Å². The lowest BCUT2D eigenvalue weighted by Crippen LogP contribution is -2.32. The molecule has 0 bridgehead atoms. The molecule has 45 heavy (non-hydrogen) atoms. The van der Waals surface area contributed by atoms with E-state index in [4.69, 9.17) is 9.15 Å². The molecule has 0 amide bonds. The van der Waals surface area contributed by atoms with Crippen molar-refractivity contribution in [3.05, 3.63) is 82.9 Å². The van der Waals surface area contributed by atoms with Crippen LogP contribution in [-0.4, -0.2) is 56.7 Å². The molecule has 1 atom stereocenters. The van der Waals surface area contributed by atoms with Crippen LogP contribution < -0.4 is 19.8 Å². The highest BCUT2D eigenvalue weighted by Gasteiger charge is 2.34. The molecule has 0 saturated carbocycles. The number of benzene rings is 2. The molecule has 3 aromatic rings. The average molecular weight is 635 g/mol. The number of carbonyl (C=O) groups is 2. The first kappa shape index (κ1) is 33.9. The third kappa shape index (κ3) is 8.18. The van der Waals surface area contributed by atoms with Crippen molar-refractivity contribution in [3.63, 3.8) is 0 Å². The van der Waals surface area contributed by atoms with Crippen LogP contribution in [0.5, 0.6) is 5.75 Å². The number of ketones is 1. The largest absolute Gasteiger partial charge is 0.748 e. The molecule has 0 spiro atoms. The number of esters is 1. The van der Waals surface area contributed by atoms with Crippen LogP contribution in [0.1, 0.15) is 69.4 Å². The Bertz CT molecular complexity index is 1820. The van der Waals surface area contributed by atoms with Gasteiger partial charge in [-0.2, -0.15) is 4.58 Å². The minimum Gasteiger partial charge on any atom is -0.748 e. The smallest absolute Gasteiger partial charge is 0.368 e. The zero-order chi connectivity index (χ0) is 32.9. The van der Waals surface area contributed by atoms with Gasteiger partial charge in [0.15, 0.2) is 5.78 Å². The number of rotatable bonds is 11. The van der Waals surface area contributed by atoms with Crippen LogP contribution in [0.15, 0.2) is 65.1 Å². The van der Waals surface area contributed by atoms with Crippen LogP contribution >= 0.6 is 0 Å². The van der Waals surface area contributed by atoms with Crippen LogP contribution in [0.25, 0.3) is 17.0 Å². The van der Waals surface area contributed by atoms with Crippen molar-refractivity contribution in [3.8, 4) is 5.75 Å². The fourth-order valence-corrected chi connectivity index (χ4v) is 5.83. The molecule has 1 unspecified atom stereocenters. The Morgan fingerprint density at radius 2 is 1.73 bits per heavy atom. The van der Waals surface area contributed by atoms with Crippen molar-refractivity contribution in [1.29, 1.82) is 0 Å². The molecule has 2 aromatic carbocycles. The first-order valence-corrected chi connectivity index (χ1v) is 16.9. The number of anilines is 1. The Morgan fingerprint density at radius 1 is 1.00 bits per heavy atom. The molecule has 1 aliphatic rings. The lowest BCUT2D eigenvalue weighted by molar-refractivity contribution is -0.136. The lowest BCUT2D eigenvalue weighted by atomic mass is 9.86. The van der Waals surface area contributed by atoms with Crippen molar-refractivity contribution in [2.75, 3.05) is 36.8 Å². The summed E-state index contributed by atoms with van der Waals surface area (Å²) in [6.45, 7) is 14.8. The van der Waals surface area contributed by atoms with E-state index in [1.165, 1.54) is 6.08 Å². The lowest BCUT2D eigenvalue weighted by Gasteiger charge is -2.25. The Balaban J connectivity index is 1.67. The molecule has 240 valence electrons. The Labute approximate surface area is 265 Å². The van der Waals surface area contributed by atoms with Crippen LogP contribution in [0.2, 0.25) is 0 Å². The summed E-state index contributed by atoms with van der Waals surface area (Å²) in [6, 6.07) is 13.2. The zero-order valence-electron chi connectivity index (χ0n) is 26.8. The molecule has 0 saturated heterocycles. The molecular weight excluding hydrogens is 592 g/mol. The van der Waals surface area contributed by atoms with Crippen LogP contribution in [-0.2, 0) is 20.3 Å². The summed E-state index contributed by atoms with van der Waals surface area (Å²) in [4.78, 5) is 28.2. The number of ether oxygens (including phenoxy) is 1. The van der Waals surface area contributed by atoms with Crippen LogP contribution in [0.3, 0.4) is 0 Å². The second kappa shape index (κ2) is 14.0. The summed E-state index contributed by atoms with van der Waals surface area (Å²) in [7, 11) is -4.32. The monoisotopic (exact) mass is 634 g/mol. The molecule has 10 heteroatoms. The van der Waals surface area contributed by atoms with Crippen molar-refractivity contribution in [2.45, 2.75) is 53.4 Å². The van der Waals surface area contributed by atoms with E-state index >= 15 is 0 Å². The predicted molar refractivity (Wildman–Crippen MR) is 176 cm³/mol. The van der Waals surface area contributed by atoms with Gasteiger partial charge in [-0.3, -0.25) is 9.59 Å². The van der Waals surface area contributed by atoms with E-state index in [0.717, 1.165) is 35.3 Å². The van der Waals surface area contributed by atoms with Gasteiger partial charge in [0.25, 0.3) is 0 Å². The number of allylic oxidation sites excluding steroid dienone is 2. The molecule has 0 radical (unpaired) electrons. The molecule has 1 aromatic heterocycles. The highest BCUT2D eigenvalue weighted by Crippen LogP contribution is 2.33. The fraction of sp³-hybridized carbons (Fsp3) is 0.400. The van der Waals surface area contributed by atoms with Gasteiger partial charge < -0.3 is 18.6 Å².